The number of methoxy groups -OCH3 is 1. The van der Waals surface area contributed by atoms with Gasteiger partial charge in [-0.25, -0.2) is 5.43 Å². The minimum atomic E-state index is -0.290. The Morgan fingerprint density at radius 2 is 1.87 bits per heavy atom. The van der Waals surface area contributed by atoms with Crippen LogP contribution in [0.15, 0.2) is 47.6 Å². The zero-order valence-electron chi connectivity index (χ0n) is 12.6. The van der Waals surface area contributed by atoms with Gasteiger partial charge in [0.25, 0.3) is 5.91 Å². The number of rotatable bonds is 4. The van der Waals surface area contributed by atoms with E-state index in [1.54, 1.807) is 37.6 Å². The van der Waals surface area contributed by atoms with Crippen molar-refractivity contribution in [1.82, 2.24) is 5.43 Å². The summed E-state index contributed by atoms with van der Waals surface area (Å²) in [5, 5.41) is 3.96. The monoisotopic (exact) mass is 312 g/mol. The van der Waals surface area contributed by atoms with Gasteiger partial charge in [0.05, 0.1) is 13.3 Å². The highest BCUT2D eigenvalue weighted by molar-refractivity contribution is 5.95. The van der Waals surface area contributed by atoms with Crippen LogP contribution in [0.1, 0.15) is 15.9 Å². The molecule has 6 nitrogen and oxygen atoms in total. The summed E-state index contributed by atoms with van der Waals surface area (Å²) in [5.41, 5.74) is 3.80. The number of amides is 1. The van der Waals surface area contributed by atoms with Gasteiger partial charge >= 0.3 is 0 Å². The van der Waals surface area contributed by atoms with Crippen molar-refractivity contribution in [1.29, 1.82) is 0 Å². The summed E-state index contributed by atoms with van der Waals surface area (Å²) in [6, 6.07) is 12.3. The van der Waals surface area contributed by atoms with Gasteiger partial charge in [0.2, 0.25) is 0 Å². The lowest BCUT2D eigenvalue weighted by Crippen LogP contribution is -2.17. The van der Waals surface area contributed by atoms with E-state index in [2.05, 4.69) is 10.5 Å². The molecule has 0 saturated heterocycles. The third-order valence-corrected chi connectivity index (χ3v) is 3.30. The molecule has 1 aliphatic rings. The fourth-order valence-corrected chi connectivity index (χ4v) is 2.11. The van der Waals surface area contributed by atoms with E-state index in [-0.39, 0.29) is 5.91 Å². The molecule has 2 aromatic rings. The van der Waals surface area contributed by atoms with Crippen molar-refractivity contribution < 1.29 is 19.0 Å². The van der Waals surface area contributed by atoms with Gasteiger partial charge < -0.3 is 14.2 Å². The summed E-state index contributed by atoms with van der Waals surface area (Å²) < 4.78 is 16.0. The Labute approximate surface area is 133 Å². The summed E-state index contributed by atoms with van der Waals surface area (Å²) in [6.07, 6.45) is 1.56. The Kier molecular flexibility index (Phi) is 4.42. The zero-order valence-corrected chi connectivity index (χ0v) is 12.6. The fraction of sp³-hybridized carbons (Fsp3) is 0.176. The van der Waals surface area contributed by atoms with Crippen molar-refractivity contribution in [2.45, 2.75) is 0 Å². The van der Waals surface area contributed by atoms with Crippen LogP contribution in [0.2, 0.25) is 0 Å². The van der Waals surface area contributed by atoms with Crippen LogP contribution in [0.3, 0.4) is 0 Å². The van der Waals surface area contributed by atoms with E-state index in [9.17, 15) is 4.79 Å². The quantitative estimate of drug-likeness (QED) is 0.694. The first-order valence-electron chi connectivity index (χ1n) is 7.13. The van der Waals surface area contributed by atoms with E-state index < -0.39 is 0 Å². The van der Waals surface area contributed by atoms with Gasteiger partial charge in [0.1, 0.15) is 19.0 Å². The van der Waals surface area contributed by atoms with Crippen LogP contribution in [-0.2, 0) is 0 Å². The lowest BCUT2D eigenvalue weighted by atomic mass is 10.2. The molecule has 0 aliphatic carbocycles. The van der Waals surface area contributed by atoms with Crippen LogP contribution in [0.4, 0.5) is 0 Å². The molecule has 6 heteroatoms. The molecule has 0 bridgehead atoms. The van der Waals surface area contributed by atoms with Crippen LogP contribution < -0.4 is 19.6 Å². The highest BCUT2D eigenvalue weighted by Crippen LogP contribution is 2.30. The van der Waals surface area contributed by atoms with Crippen molar-refractivity contribution in [3.8, 4) is 17.2 Å². The van der Waals surface area contributed by atoms with Gasteiger partial charge in [0.15, 0.2) is 11.5 Å². The van der Waals surface area contributed by atoms with Gasteiger partial charge in [-0.1, -0.05) is 0 Å². The molecule has 0 atom stereocenters. The lowest BCUT2D eigenvalue weighted by molar-refractivity contribution is 0.0955. The Bertz CT molecular complexity index is 726. The molecule has 118 valence electrons. The number of carbonyl (C=O) groups is 1. The van der Waals surface area contributed by atoms with E-state index in [1.807, 2.05) is 18.2 Å². The van der Waals surface area contributed by atoms with Crippen molar-refractivity contribution in [2.24, 2.45) is 5.10 Å². The molecule has 1 N–H and O–H groups in total. The first-order chi connectivity index (χ1) is 11.3. The van der Waals surface area contributed by atoms with Crippen LogP contribution in [0, 0.1) is 0 Å². The normalized spacial score (nSPS) is 12.9. The Balaban J connectivity index is 1.62. The molecular weight excluding hydrogens is 296 g/mol. The first-order valence-corrected chi connectivity index (χ1v) is 7.13. The van der Waals surface area contributed by atoms with E-state index in [0.29, 0.717) is 30.3 Å². The number of carbonyl (C=O) groups excluding carboxylic acids is 1. The predicted molar refractivity (Wildman–Crippen MR) is 85.5 cm³/mol. The van der Waals surface area contributed by atoms with Crippen molar-refractivity contribution in [3.05, 3.63) is 53.6 Å². The topological polar surface area (TPSA) is 69.2 Å². The van der Waals surface area contributed by atoms with Crippen molar-refractivity contribution in [2.75, 3.05) is 20.3 Å². The Morgan fingerprint density at radius 3 is 2.61 bits per heavy atom. The van der Waals surface area contributed by atoms with E-state index in [4.69, 9.17) is 14.2 Å². The molecule has 0 unspecified atom stereocenters. The standard InChI is InChI=1S/C17H16N2O4/c1-21-14-5-3-13(4-6-14)17(20)19-18-11-12-2-7-15-16(10-12)23-9-8-22-15/h2-7,10-11H,8-9H2,1H3,(H,19,20)/b18-11+. The Hall–Kier alpha value is -3.02. The van der Waals surface area contributed by atoms with Crippen LogP contribution in [-0.4, -0.2) is 32.4 Å². The van der Waals surface area contributed by atoms with Gasteiger partial charge in [0, 0.05) is 5.56 Å². The second kappa shape index (κ2) is 6.83. The lowest BCUT2D eigenvalue weighted by Gasteiger charge is -2.18. The van der Waals surface area contributed by atoms with Crippen molar-refractivity contribution in [3.63, 3.8) is 0 Å². The maximum Gasteiger partial charge on any atom is 0.271 e. The summed E-state index contributed by atoms with van der Waals surface area (Å²) in [5.74, 6) is 1.81. The molecular formula is C17H16N2O4. The van der Waals surface area contributed by atoms with Gasteiger partial charge in [-0.05, 0) is 48.0 Å². The van der Waals surface area contributed by atoms with Crippen LogP contribution in [0.25, 0.3) is 0 Å². The number of hydrogen-bond donors (Lipinski definition) is 1. The number of ether oxygens (including phenoxy) is 3. The predicted octanol–water partition coefficient (Wildman–Crippen LogP) is 2.23. The number of nitrogens with one attached hydrogen (secondary N) is 1. The summed E-state index contributed by atoms with van der Waals surface area (Å²) in [4.78, 5) is 12.0. The molecule has 0 fully saturated rings. The summed E-state index contributed by atoms with van der Waals surface area (Å²) >= 11 is 0. The Morgan fingerprint density at radius 1 is 1.13 bits per heavy atom. The smallest absolute Gasteiger partial charge is 0.271 e. The second-order valence-electron chi connectivity index (χ2n) is 4.83. The number of benzene rings is 2. The van der Waals surface area contributed by atoms with Crippen LogP contribution in [0.5, 0.6) is 17.2 Å². The minimum absolute atomic E-state index is 0.290. The maximum absolute atomic E-state index is 12.0. The van der Waals surface area contributed by atoms with E-state index >= 15 is 0 Å². The summed E-state index contributed by atoms with van der Waals surface area (Å²) in [7, 11) is 1.58. The molecule has 3 rings (SSSR count). The van der Waals surface area contributed by atoms with E-state index in [1.165, 1.54) is 0 Å². The molecule has 1 heterocycles. The van der Waals surface area contributed by atoms with Crippen LogP contribution >= 0.6 is 0 Å². The number of hydrazone groups is 1. The van der Waals surface area contributed by atoms with Crippen molar-refractivity contribution >= 4 is 12.1 Å². The third kappa shape index (κ3) is 3.60. The van der Waals surface area contributed by atoms with E-state index in [0.717, 1.165) is 11.3 Å². The third-order valence-electron chi connectivity index (χ3n) is 3.30. The fourth-order valence-electron chi connectivity index (χ4n) is 2.11. The maximum atomic E-state index is 12.0. The molecule has 2 aromatic carbocycles. The second-order valence-corrected chi connectivity index (χ2v) is 4.83. The zero-order chi connectivity index (χ0) is 16.1. The van der Waals surface area contributed by atoms with Gasteiger partial charge in [-0.15, -0.1) is 0 Å². The van der Waals surface area contributed by atoms with Gasteiger partial charge in [-0.2, -0.15) is 5.10 Å². The largest absolute Gasteiger partial charge is 0.497 e. The molecule has 0 radical (unpaired) electrons. The average Bonchev–Trinajstić information content (AvgIpc) is 2.61. The molecule has 0 aromatic heterocycles. The molecule has 1 aliphatic heterocycles. The number of hydrogen-bond acceptors (Lipinski definition) is 5. The average molecular weight is 312 g/mol. The minimum Gasteiger partial charge on any atom is -0.497 e. The molecule has 0 saturated carbocycles. The SMILES string of the molecule is COc1ccc(C(=O)N/N=C/c2ccc3c(c2)OCCO3)cc1. The first kappa shape index (κ1) is 14.9. The molecule has 0 spiro atoms. The molecule has 1 amide bonds. The van der Waals surface area contributed by atoms with Gasteiger partial charge in [-0.3, -0.25) is 4.79 Å². The highest BCUT2D eigenvalue weighted by Gasteiger charge is 2.11. The summed E-state index contributed by atoms with van der Waals surface area (Å²) in [6.45, 7) is 1.08. The highest BCUT2D eigenvalue weighted by atomic mass is 16.6. The molecule has 23 heavy (non-hydrogen) atoms. The number of fused-ring (bicyclic) bond motifs is 1. The number of nitrogens with zero attached hydrogens (tertiary/aromatic N) is 1.